The SMILES string of the molecule is CC(=O)c1ccc(N2C(=O)C3C(c4ccc(Br)cc4)NC(C(=O)O)(c4ccccc4)C3C2=O)cc1. The number of halogens is 1. The summed E-state index contributed by atoms with van der Waals surface area (Å²) in [5.74, 6) is -4.54. The number of aliphatic carboxylic acids is 1. The van der Waals surface area contributed by atoms with E-state index in [0.717, 1.165) is 9.37 Å². The van der Waals surface area contributed by atoms with Crippen molar-refractivity contribution in [3.63, 3.8) is 0 Å². The normalized spacial score (nSPS) is 25.5. The van der Waals surface area contributed by atoms with Gasteiger partial charge in [0, 0.05) is 16.1 Å². The number of rotatable bonds is 5. The molecular formula is C27H21BrN2O5. The number of anilines is 1. The Bertz CT molecular complexity index is 1340. The Balaban J connectivity index is 1.68. The summed E-state index contributed by atoms with van der Waals surface area (Å²) in [4.78, 5) is 53.3. The Hall–Kier alpha value is -3.62. The van der Waals surface area contributed by atoms with Crippen LogP contribution in [0.25, 0.3) is 0 Å². The van der Waals surface area contributed by atoms with Gasteiger partial charge in [-0.15, -0.1) is 0 Å². The number of carboxylic acid groups (broad SMARTS) is 1. The van der Waals surface area contributed by atoms with E-state index in [9.17, 15) is 24.3 Å². The van der Waals surface area contributed by atoms with Gasteiger partial charge in [-0.3, -0.25) is 19.7 Å². The van der Waals surface area contributed by atoms with Gasteiger partial charge in [0.25, 0.3) is 0 Å². The molecule has 176 valence electrons. The number of fused-ring (bicyclic) bond motifs is 1. The van der Waals surface area contributed by atoms with E-state index in [2.05, 4.69) is 21.2 Å². The molecule has 4 unspecified atom stereocenters. The second-order valence-electron chi connectivity index (χ2n) is 8.77. The van der Waals surface area contributed by atoms with Crippen LogP contribution in [0.5, 0.6) is 0 Å². The number of hydrogen-bond donors (Lipinski definition) is 2. The van der Waals surface area contributed by atoms with Crippen LogP contribution in [0.4, 0.5) is 5.69 Å². The van der Waals surface area contributed by atoms with Gasteiger partial charge in [-0.25, -0.2) is 9.69 Å². The Morgan fingerprint density at radius 1 is 0.914 bits per heavy atom. The first kappa shape index (κ1) is 23.1. The smallest absolute Gasteiger partial charge is 0.329 e. The molecule has 3 aromatic rings. The number of carbonyl (C=O) groups excluding carboxylic acids is 3. The molecule has 2 saturated heterocycles. The zero-order valence-electron chi connectivity index (χ0n) is 18.6. The fourth-order valence-electron chi connectivity index (χ4n) is 5.25. The van der Waals surface area contributed by atoms with Crippen molar-refractivity contribution in [1.29, 1.82) is 0 Å². The van der Waals surface area contributed by atoms with Gasteiger partial charge < -0.3 is 5.11 Å². The first-order valence-electron chi connectivity index (χ1n) is 11.1. The fraction of sp³-hybridized carbons (Fsp3) is 0.185. The highest BCUT2D eigenvalue weighted by Gasteiger charge is 2.69. The number of amides is 2. The summed E-state index contributed by atoms with van der Waals surface area (Å²) in [6, 6.07) is 21.2. The monoisotopic (exact) mass is 532 g/mol. The van der Waals surface area contributed by atoms with E-state index < -0.39 is 41.2 Å². The summed E-state index contributed by atoms with van der Waals surface area (Å²) in [6.45, 7) is 1.43. The van der Waals surface area contributed by atoms with Crippen LogP contribution < -0.4 is 10.2 Å². The topological polar surface area (TPSA) is 104 Å². The van der Waals surface area contributed by atoms with Crippen LogP contribution >= 0.6 is 15.9 Å². The van der Waals surface area contributed by atoms with Gasteiger partial charge in [0.05, 0.1) is 17.5 Å². The molecule has 4 atom stereocenters. The van der Waals surface area contributed by atoms with Crippen LogP contribution in [0.15, 0.2) is 83.3 Å². The third-order valence-electron chi connectivity index (χ3n) is 6.89. The molecule has 0 saturated carbocycles. The number of ketones is 1. The maximum absolute atomic E-state index is 13.9. The van der Waals surface area contributed by atoms with Crippen molar-refractivity contribution < 1.29 is 24.3 Å². The molecular weight excluding hydrogens is 512 g/mol. The molecule has 2 aliphatic heterocycles. The predicted molar refractivity (Wildman–Crippen MR) is 132 cm³/mol. The van der Waals surface area contributed by atoms with Gasteiger partial charge in [-0.2, -0.15) is 0 Å². The molecule has 8 heteroatoms. The van der Waals surface area contributed by atoms with Crippen molar-refractivity contribution in [2.75, 3.05) is 4.90 Å². The van der Waals surface area contributed by atoms with Gasteiger partial charge in [-0.1, -0.05) is 58.4 Å². The zero-order chi connectivity index (χ0) is 24.9. The summed E-state index contributed by atoms with van der Waals surface area (Å²) in [7, 11) is 0. The zero-order valence-corrected chi connectivity index (χ0v) is 20.2. The highest BCUT2D eigenvalue weighted by Crippen LogP contribution is 2.53. The number of benzene rings is 3. The number of nitrogens with zero attached hydrogens (tertiary/aromatic N) is 1. The van der Waals surface area contributed by atoms with Crippen molar-refractivity contribution >= 4 is 45.2 Å². The molecule has 5 rings (SSSR count). The van der Waals surface area contributed by atoms with Crippen molar-refractivity contribution in [2.45, 2.75) is 18.5 Å². The Labute approximate surface area is 209 Å². The molecule has 2 fully saturated rings. The van der Waals surface area contributed by atoms with E-state index >= 15 is 0 Å². The summed E-state index contributed by atoms with van der Waals surface area (Å²) >= 11 is 3.40. The average Bonchev–Trinajstić information content (AvgIpc) is 3.35. The van der Waals surface area contributed by atoms with Crippen LogP contribution in [0.1, 0.15) is 34.5 Å². The Kier molecular flexibility index (Phi) is 5.65. The van der Waals surface area contributed by atoms with E-state index in [0.29, 0.717) is 22.4 Å². The van der Waals surface area contributed by atoms with E-state index in [1.54, 1.807) is 54.6 Å². The second kappa shape index (κ2) is 8.55. The maximum Gasteiger partial charge on any atom is 0.329 e. The molecule has 2 aliphatic rings. The first-order valence-corrected chi connectivity index (χ1v) is 11.9. The lowest BCUT2D eigenvalue weighted by atomic mass is 9.75. The van der Waals surface area contributed by atoms with E-state index in [4.69, 9.17) is 0 Å². The average molecular weight is 533 g/mol. The van der Waals surface area contributed by atoms with E-state index in [1.807, 2.05) is 24.3 Å². The summed E-state index contributed by atoms with van der Waals surface area (Å²) in [5, 5.41) is 13.7. The molecule has 2 amide bonds. The van der Waals surface area contributed by atoms with E-state index in [1.165, 1.54) is 6.92 Å². The van der Waals surface area contributed by atoms with Crippen molar-refractivity contribution in [1.82, 2.24) is 5.32 Å². The van der Waals surface area contributed by atoms with Crippen LogP contribution in [0.3, 0.4) is 0 Å². The van der Waals surface area contributed by atoms with Crippen molar-refractivity contribution in [3.8, 4) is 0 Å². The first-order chi connectivity index (χ1) is 16.8. The molecule has 2 heterocycles. The lowest BCUT2D eigenvalue weighted by Gasteiger charge is -2.31. The van der Waals surface area contributed by atoms with Gasteiger partial charge in [0.1, 0.15) is 0 Å². The number of hydrogen-bond acceptors (Lipinski definition) is 5. The fourth-order valence-corrected chi connectivity index (χ4v) is 5.51. The van der Waals surface area contributed by atoms with Gasteiger partial charge in [0.2, 0.25) is 11.8 Å². The lowest BCUT2D eigenvalue weighted by Crippen LogP contribution is -2.53. The Morgan fingerprint density at radius 2 is 1.54 bits per heavy atom. The van der Waals surface area contributed by atoms with Gasteiger partial charge in [-0.05, 0) is 54.4 Å². The quantitative estimate of drug-likeness (QED) is 0.379. The Morgan fingerprint density at radius 3 is 2.11 bits per heavy atom. The minimum absolute atomic E-state index is 0.138. The maximum atomic E-state index is 13.9. The largest absolute Gasteiger partial charge is 0.480 e. The van der Waals surface area contributed by atoms with Crippen LogP contribution in [0, 0.1) is 11.8 Å². The number of carbonyl (C=O) groups is 4. The summed E-state index contributed by atoms with van der Waals surface area (Å²) < 4.78 is 0.837. The van der Waals surface area contributed by atoms with Crippen LogP contribution in [-0.2, 0) is 19.9 Å². The molecule has 2 N–H and O–H groups in total. The standard InChI is InChI=1S/C27H21BrN2O5/c1-15(31)16-9-13-20(14-10-16)30-24(32)21-22(25(30)33)27(26(34)35,18-5-3-2-4-6-18)29-23(21)17-7-11-19(28)12-8-17/h2-14,21-23,29H,1H3,(H,34,35). The number of nitrogens with one attached hydrogen (secondary N) is 1. The molecule has 0 radical (unpaired) electrons. The molecule has 7 nitrogen and oxygen atoms in total. The van der Waals surface area contributed by atoms with Crippen LogP contribution in [-0.4, -0.2) is 28.7 Å². The molecule has 35 heavy (non-hydrogen) atoms. The predicted octanol–water partition coefficient (Wildman–Crippen LogP) is 4.08. The number of imide groups is 1. The third kappa shape index (κ3) is 3.52. The van der Waals surface area contributed by atoms with E-state index in [-0.39, 0.29) is 5.78 Å². The molecule has 3 aromatic carbocycles. The van der Waals surface area contributed by atoms with Gasteiger partial charge in [0.15, 0.2) is 11.3 Å². The van der Waals surface area contributed by atoms with Gasteiger partial charge >= 0.3 is 5.97 Å². The highest BCUT2D eigenvalue weighted by atomic mass is 79.9. The second-order valence-corrected chi connectivity index (χ2v) is 9.69. The number of Topliss-reactive ketones (excluding diaryl/α,β-unsaturated/α-hetero) is 1. The molecule has 0 aromatic heterocycles. The number of carboxylic acids is 1. The summed E-state index contributed by atoms with van der Waals surface area (Å²) in [5.41, 5.74) is 0.0620. The van der Waals surface area contributed by atoms with Crippen molar-refractivity contribution in [2.24, 2.45) is 11.8 Å². The third-order valence-corrected chi connectivity index (χ3v) is 7.42. The molecule has 0 aliphatic carbocycles. The van der Waals surface area contributed by atoms with Crippen LogP contribution in [0.2, 0.25) is 0 Å². The molecule has 0 bridgehead atoms. The lowest BCUT2D eigenvalue weighted by molar-refractivity contribution is -0.149. The highest BCUT2D eigenvalue weighted by molar-refractivity contribution is 9.10. The summed E-state index contributed by atoms with van der Waals surface area (Å²) in [6.07, 6.45) is 0. The van der Waals surface area contributed by atoms with Crippen molar-refractivity contribution in [3.05, 3.63) is 100 Å². The minimum atomic E-state index is -1.80. The molecule has 0 spiro atoms. The minimum Gasteiger partial charge on any atom is -0.480 e.